The smallest absolute Gasteiger partial charge is 0.244 e. The number of benzene rings is 3. The van der Waals surface area contributed by atoms with Crippen molar-refractivity contribution in [3.63, 3.8) is 0 Å². The number of nitrogens with zero attached hydrogens (tertiary/aromatic N) is 2. The van der Waals surface area contributed by atoms with Gasteiger partial charge in [-0.1, -0.05) is 84.8 Å². The third kappa shape index (κ3) is 8.83. The van der Waals surface area contributed by atoms with Gasteiger partial charge in [0.1, 0.15) is 12.6 Å². The number of rotatable bonds is 12. The van der Waals surface area contributed by atoms with Crippen LogP contribution in [0.25, 0.3) is 0 Å². The van der Waals surface area contributed by atoms with Crippen LogP contribution >= 0.6 is 11.6 Å². The summed E-state index contributed by atoms with van der Waals surface area (Å²) < 4.78 is 26.6. The Kier molecular flexibility index (Phi) is 10.5. The Hall–Kier alpha value is -3.36. The van der Waals surface area contributed by atoms with Crippen LogP contribution in [0.5, 0.6) is 0 Å². The van der Waals surface area contributed by atoms with E-state index in [0.29, 0.717) is 5.02 Å². The van der Waals surface area contributed by atoms with Gasteiger partial charge in [-0.2, -0.15) is 0 Å². The third-order valence-corrected chi connectivity index (χ3v) is 7.90. The second-order valence-electron chi connectivity index (χ2n) is 9.78. The van der Waals surface area contributed by atoms with Gasteiger partial charge in [0.05, 0.1) is 11.9 Å². The molecule has 2 atom stereocenters. The van der Waals surface area contributed by atoms with Crippen molar-refractivity contribution in [3.05, 3.63) is 101 Å². The van der Waals surface area contributed by atoms with E-state index in [9.17, 15) is 18.0 Å². The molecule has 0 saturated carbocycles. The molecule has 0 aliphatic carbocycles. The predicted molar refractivity (Wildman–Crippen MR) is 157 cm³/mol. The van der Waals surface area contributed by atoms with Crippen LogP contribution in [0, 0.1) is 6.92 Å². The molecule has 0 aliphatic heterocycles. The van der Waals surface area contributed by atoms with Crippen LogP contribution in [0.2, 0.25) is 5.02 Å². The highest BCUT2D eigenvalue weighted by Crippen LogP contribution is 2.23. The fraction of sp³-hybridized carbons (Fsp3) is 0.333. The number of anilines is 1. The van der Waals surface area contributed by atoms with Gasteiger partial charge in [-0.05, 0) is 49.6 Å². The molecular formula is C30H36ClN3O4S. The first kappa shape index (κ1) is 30.2. The van der Waals surface area contributed by atoms with E-state index in [1.165, 1.54) is 11.0 Å². The number of sulfonamides is 1. The minimum absolute atomic E-state index is 0.0916. The van der Waals surface area contributed by atoms with Crippen molar-refractivity contribution in [2.24, 2.45) is 0 Å². The highest BCUT2D eigenvalue weighted by molar-refractivity contribution is 7.92. The standard InChI is InChI=1S/C30H36ClN3O4S/c1-5-23(3)32-30(36)28(18-24-10-7-6-8-11-24)33(20-25-16-14-22(2)15-17-25)29(35)21-34(39(4,37)38)27-13-9-12-26(31)19-27/h6-17,19,23,28H,5,18,20-21H2,1-4H3,(H,32,36)/t23-,28-/m0/s1. The van der Waals surface area contributed by atoms with Gasteiger partial charge in [0.25, 0.3) is 0 Å². The quantitative estimate of drug-likeness (QED) is 0.334. The number of amides is 2. The van der Waals surface area contributed by atoms with Gasteiger partial charge in [0.15, 0.2) is 0 Å². The number of hydrogen-bond acceptors (Lipinski definition) is 4. The average molecular weight is 570 g/mol. The van der Waals surface area contributed by atoms with E-state index in [1.807, 2.05) is 75.4 Å². The zero-order chi connectivity index (χ0) is 28.6. The number of nitrogens with one attached hydrogen (secondary N) is 1. The molecule has 0 aliphatic rings. The Morgan fingerprint density at radius 3 is 2.21 bits per heavy atom. The SMILES string of the molecule is CC[C@H](C)NC(=O)[C@H](Cc1ccccc1)N(Cc1ccc(C)cc1)C(=O)CN(c1cccc(Cl)c1)S(C)(=O)=O. The van der Waals surface area contributed by atoms with Gasteiger partial charge in [0, 0.05) is 24.0 Å². The first-order valence-corrected chi connectivity index (χ1v) is 15.1. The molecule has 0 spiro atoms. The van der Waals surface area contributed by atoms with Gasteiger partial charge in [-0.25, -0.2) is 8.42 Å². The zero-order valence-electron chi connectivity index (χ0n) is 22.8. The van der Waals surface area contributed by atoms with Crippen molar-refractivity contribution >= 4 is 39.1 Å². The lowest BCUT2D eigenvalue weighted by Crippen LogP contribution is -2.54. The third-order valence-electron chi connectivity index (χ3n) is 6.52. The first-order chi connectivity index (χ1) is 18.5. The van der Waals surface area contributed by atoms with Crippen LogP contribution < -0.4 is 9.62 Å². The van der Waals surface area contributed by atoms with Crippen LogP contribution in [-0.4, -0.2) is 50.0 Å². The molecule has 7 nitrogen and oxygen atoms in total. The van der Waals surface area contributed by atoms with E-state index in [4.69, 9.17) is 11.6 Å². The molecule has 1 N–H and O–H groups in total. The molecule has 0 heterocycles. The number of aryl methyl sites for hydroxylation is 1. The molecule has 0 aromatic heterocycles. The molecule has 9 heteroatoms. The van der Waals surface area contributed by atoms with E-state index in [0.717, 1.165) is 33.7 Å². The summed E-state index contributed by atoms with van der Waals surface area (Å²) in [6, 6.07) is 22.6. The number of halogens is 1. The lowest BCUT2D eigenvalue weighted by atomic mass is 10.0. The summed E-state index contributed by atoms with van der Waals surface area (Å²) >= 11 is 6.13. The molecule has 0 radical (unpaired) electrons. The molecule has 0 fully saturated rings. The number of carbonyl (C=O) groups excluding carboxylic acids is 2. The van der Waals surface area contributed by atoms with E-state index >= 15 is 0 Å². The maximum absolute atomic E-state index is 14.0. The van der Waals surface area contributed by atoms with Gasteiger partial charge in [-0.3, -0.25) is 13.9 Å². The van der Waals surface area contributed by atoms with E-state index in [2.05, 4.69) is 5.32 Å². The normalized spacial score (nSPS) is 12.8. The number of hydrogen-bond donors (Lipinski definition) is 1. The first-order valence-electron chi connectivity index (χ1n) is 12.9. The molecule has 3 aromatic carbocycles. The van der Waals surface area contributed by atoms with Crippen LogP contribution in [0.1, 0.15) is 37.0 Å². The molecule has 0 saturated heterocycles. The molecule has 3 aromatic rings. The monoisotopic (exact) mass is 569 g/mol. The highest BCUT2D eigenvalue weighted by atomic mass is 35.5. The Bertz CT molecular complexity index is 1360. The largest absolute Gasteiger partial charge is 0.352 e. The summed E-state index contributed by atoms with van der Waals surface area (Å²) in [5.41, 5.74) is 3.06. The van der Waals surface area contributed by atoms with Gasteiger partial charge in [-0.15, -0.1) is 0 Å². The number of carbonyl (C=O) groups is 2. The lowest BCUT2D eigenvalue weighted by molar-refractivity contribution is -0.140. The van der Waals surface area contributed by atoms with Crippen LogP contribution in [0.15, 0.2) is 78.9 Å². The minimum atomic E-state index is -3.84. The Balaban J connectivity index is 2.05. The zero-order valence-corrected chi connectivity index (χ0v) is 24.4. The van der Waals surface area contributed by atoms with Gasteiger partial charge in [0.2, 0.25) is 21.8 Å². The lowest BCUT2D eigenvalue weighted by Gasteiger charge is -2.34. The minimum Gasteiger partial charge on any atom is -0.352 e. The summed E-state index contributed by atoms with van der Waals surface area (Å²) in [6.07, 6.45) is 2.05. The van der Waals surface area contributed by atoms with Crippen molar-refractivity contribution in [2.75, 3.05) is 17.1 Å². The summed E-state index contributed by atoms with van der Waals surface area (Å²) in [6.45, 7) is 5.51. The fourth-order valence-electron chi connectivity index (χ4n) is 4.13. The summed E-state index contributed by atoms with van der Waals surface area (Å²) in [5.74, 6) is -0.788. The van der Waals surface area contributed by atoms with Crippen LogP contribution in [0.4, 0.5) is 5.69 Å². The molecule has 208 valence electrons. The molecule has 2 amide bonds. The van der Waals surface area contributed by atoms with E-state index < -0.39 is 28.5 Å². The van der Waals surface area contributed by atoms with E-state index in [1.54, 1.807) is 18.2 Å². The summed E-state index contributed by atoms with van der Waals surface area (Å²) in [5, 5.41) is 3.37. The van der Waals surface area contributed by atoms with Crippen molar-refractivity contribution < 1.29 is 18.0 Å². The van der Waals surface area contributed by atoms with E-state index in [-0.39, 0.29) is 30.6 Å². The summed E-state index contributed by atoms with van der Waals surface area (Å²) in [7, 11) is -3.84. The maximum Gasteiger partial charge on any atom is 0.244 e. The second-order valence-corrected chi connectivity index (χ2v) is 12.1. The predicted octanol–water partition coefficient (Wildman–Crippen LogP) is 4.97. The summed E-state index contributed by atoms with van der Waals surface area (Å²) in [4.78, 5) is 29.2. The van der Waals surface area contributed by atoms with Crippen molar-refractivity contribution in [3.8, 4) is 0 Å². The molecule has 39 heavy (non-hydrogen) atoms. The van der Waals surface area contributed by atoms with Crippen molar-refractivity contribution in [2.45, 2.75) is 52.2 Å². The molecular weight excluding hydrogens is 534 g/mol. The average Bonchev–Trinajstić information content (AvgIpc) is 2.90. The molecule has 0 bridgehead atoms. The Morgan fingerprint density at radius 2 is 1.62 bits per heavy atom. The Labute approximate surface area is 236 Å². The van der Waals surface area contributed by atoms with Crippen molar-refractivity contribution in [1.82, 2.24) is 10.2 Å². The van der Waals surface area contributed by atoms with Crippen LogP contribution in [0.3, 0.4) is 0 Å². The van der Waals surface area contributed by atoms with Crippen molar-refractivity contribution in [1.29, 1.82) is 0 Å². The maximum atomic E-state index is 14.0. The second kappa shape index (κ2) is 13.6. The Morgan fingerprint density at radius 1 is 0.949 bits per heavy atom. The highest BCUT2D eigenvalue weighted by Gasteiger charge is 2.33. The van der Waals surface area contributed by atoms with Crippen LogP contribution in [-0.2, 0) is 32.6 Å². The van der Waals surface area contributed by atoms with Gasteiger partial charge >= 0.3 is 0 Å². The molecule has 0 unspecified atom stereocenters. The fourth-order valence-corrected chi connectivity index (χ4v) is 5.16. The topological polar surface area (TPSA) is 86.8 Å². The molecule has 3 rings (SSSR count). The van der Waals surface area contributed by atoms with Gasteiger partial charge < -0.3 is 10.2 Å².